The molecule has 0 aromatic carbocycles. The molecule has 0 radical (unpaired) electrons. The standard InChI is InChI=1S/C14H23N3OS/c1-10(2)17-9-8-15-13(14(17)18)16-11-4-6-12(19-3)7-5-11/h8-12H,4-7H2,1-3H3,(H,15,16). The Kier molecular flexibility index (Phi) is 4.91. The van der Waals surface area contributed by atoms with Crippen LogP contribution in [0.25, 0.3) is 0 Å². The van der Waals surface area contributed by atoms with Gasteiger partial charge in [-0.15, -0.1) is 0 Å². The molecule has 0 saturated heterocycles. The summed E-state index contributed by atoms with van der Waals surface area (Å²) in [4.78, 5) is 16.4. The molecule has 106 valence electrons. The van der Waals surface area contributed by atoms with Crippen LogP contribution in [0, 0.1) is 0 Å². The van der Waals surface area contributed by atoms with E-state index in [4.69, 9.17) is 0 Å². The summed E-state index contributed by atoms with van der Waals surface area (Å²) in [6.07, 6.45) is 10.3. The van der Waals surface area contributed by atoms with E-state index in [1.807, 2.05) is 25.6 Å². The van der Waals surface area contributed by atoms with Gasteiger partial charge in [0.15, 0.2) is 5.82 Å². The smallest absolute Gasteiger partial charge is 0.293 e. The summed E-state index contributed by atoms with van der Waals surface area (Å²) in [5.74, 6) is 0.504. The molecule has 0 spiro atoms. The van der Waals surface area contributed by atoms with Crippen LogP contribution in [0.3, 0.4) is 0 Å². The molecule has 0 amide bonds. The first kappa shape index (κ1) is 14.4. The third-order valence-electron chi connectivity index (χ3n) is 3.77. The van der Waals surface area contributed by atoms with Crippen LogP contribution in [0.2, 0.25) is 0 Å². The Morgan fingerprint density at radius 1 is 1.37 bits per heavy atom. The van der Waals surface area contributed by atoms with Crippen molar-refractivity contribution in [3.05, 3.63) is 22.7 Å². The van der Waals surface area contributed by atoms with Crippen molar-refractivity contribution in [1.82, 2.24) is 9.55 Å². The Hall–Kier alpha value is -0.970. The maximum absolute atomic E-state index is 12.2. The molecule has 0 unspecified atom stereocenters. The summed E-state index contributed by atoms with van der Waals surface area (Å²) in [5.41, 5.74) is -0.00973. The molecule has 1 heterocycles. The predicted octanol–water partition coefficient (Wildman–Crippen LogP) is 2.91. The maximum atomic E-state index is 12.2. The molecule has 0 atom stereocenters. The second kappa shape index (κ2) is 6.46. The van der Waals surface area contributed by atoms with E-state index in [0.29, 0.717) is 11.9 Å². The molecule has 1 aromatic rings. The number of thioether (sulfide) groups is 1. The highest BCUT2D eigenvalue weighted by Gasteiger charge is 2.21. The minimum atomic E-state index is -0.00973. The highest BCUT2D eigenvalue weighted by atomic mass is 32.2. The van der Waals surface area contributed by atoms with Gasteiger partial charge in [-0.1, -0.05) is 0 Å². The highest BCUT2D eigenvalue weighted by molar-refractivity contribution is 7.99. The van der Waals surface area contributed by atoms with Gasteiger partial charge in [0.1, 0.15) is 0 Å². The molecule has 1 aliphatic rings. The van der Waals surface area contributed by atoms with E-state index in [1.54, 1.807) is 17.0 Å². The molecular weight excluding hydrogens is 258 g/mol. The Morgan fingerprint density at radius 2 is 2.05 bits per heavy atom. The molecule has 2 rings (SSSR count). The SMILES string of the molecule is CSC1CCC(Nc2nccn(C(C)C)c2=O)CC1. The van der Waals surface area contributed by atoms with Crippen LogP contribution in [-0.2, 0) is 0 Å². The van der Waals surface area contributed by atoms with Crippen molar-refractivity contribution >= 4 is 17.6 Å². The normalized spacial score (nSPS) is 23.6. The molecular formula is C14H23N3OS. The van der Waals surface area contributed by atoms with Crippen LogP contribution in [0.1, 0.15) is 45.6 Å². The molecule has 0 aliphatic heterocycles. The Bertz CT molecular complexity index is 464. The molecule has 4 nitrogen and oxygen atoms in total. The van der Waals surface area contributed by atoms with Crippen molar-refractivity contribution in [3.63, 3.8) is 0 Å². The zero-order valence-electron chi connectivity index (χ0n) is 11.9. The van der Waals surface area contributed by atoms with Gasteiger partial charge in [0.25, 0.3) is 5.56 Å². The molecule has 1 N–H and O–H groups in total. The van der Waals surface area contributed by atoms with Crippen molar-refractivity contribution in [2.75, 3.05) is 11.6 Å². The highest BCUT2D eigenvalue weighted by Crippen LogP contribution is 2.27. The quantitative estimate of drug-likeness (QED) is 0.922. The van der Waals surface area contributed by atoms with Crippen LogP contribution < -0.4 is 10.9 Å². The average Bonchev–Trinajstić information content (AvgIpc) is 2.41. The summed E-state index contributed by atoms with van der Waals surface area (Å²) >= 11 is 1.95. The second-order valence-corrected chi connectivity index (χ2v) is 6.57. The molecule has 1 aromatic heterocycles. The van der Waals surface area contributed by atoms with E-state index in [0.717, 1.165) is 18.1 Å². The number of nitrogens with one attached hydrogen (secondary N) is 1. The van der Waals surface area contributed by atoms with Crippen molar-refractivity contribution in [1.29, 1.82) is 0 Å². The fourth-order valence-electron chi connectivity index (χ4n) is 2.57. The monoisotopic (exact) mass is 281 g/mol. The summed E-state index contributed by atoms with van der Waals surface area (Å²) in [6, 6.07) is 0.565. The van der Waals surface area contributed by atoms with Gasteiger partial charge in [0.05, 0.1) is 0 Å². The second-order valence-electron chi connectivity index (χ2n) is 5.44. The van der Waals surface area contributed by atoms with E-state index in [1.165, 1.54) is 12.8 Å². The van der Waals surface area contributed by atoms with Crippen LogP contribution in [0.4, 0.5) is 5.82 Å². The Morgan fingerprint density at radius 3 is 2.63 bits per heavy atom. The first-order chi connectivity index (χ1) is 9.11. The minimum Gasteiger partial charge on any atom is -0.363 e. The Labute approximate surface area is 119 Å². The fourth-order valence-corrected chi connectivity index (χ4v) is 3.31. The largest absolute Gasteiger partial charge is 0.363 e. The van der Waals surface area contributed by atoms with E-state index < -0.39 is 0 Å². The summed E-state index contributed by atoms with van der Waals surface area (Å²) in [5, 5.41) is 4.12. The zero-order chi connectivity index (χ0) is 13.8. The Balaban J connectivity index is 2.04. The molecule has 5 heteroatoms. The molecule has 1 aliphatic carbocycles. The predicted molar refractivity (Wildman–Crippen MR) is 82.1 cm³/mol. The van der Waals surface area contributed by atoms with Gasteiger partial charge in [-0.05, 0) is 45.8 Å². The van der Waals surface area contributed by atoms with Crippen LogP contribution in [0.5, 0.6) is 0 Å². The van der Waals surface area contributed by atoms with E-state index in [2.05, 4.69) is 16.6 Å². The number of hydrogen-bond acceptors (Lipinski definition) is 4. The maximum Gasteiger partial charge on any atom is 0.293 e. The van der Waals surface area contributed by atoms with Gasteiger partial charge in [0.2, 0.25) is 0 Å². The molecule has 0 bridgehead atoms. The summed E-state index contributed by atoms with van der Waals surface area (Å²) in [7, 11) is 0. The third-order valence-corrected chi connectivity index (χ3v) is 4.91. The topological polar surface area (TPSA) is 46.9 Å². The molecule has 1 fully saturated rings. The van der Waals surface area contributed by atoms with Crippen molar-refractivity contribution < 1.29 is 0 Å². The first-order valence-corrected chi connectivity index (χ1v) is 8.27. The van der Waals surface area contributed by atoms with Crippen LogP contribution in [-0.4, -0.2) is 27.1 Å². The van der Waals surface area contributed by atoms with E-state index in [-0.39, 0.29) is 11.6 Å². The zero-order valence-corrected chi connectivity index (χ0v) is 12.7. The number of anilines is 1. The van der Waals surface area contributed by atoms with Gasteiger partial charge in [-0.3, -0.25) is 4.79 Å². The van der Waals surface area contributed by atoms with Crippen molar-refractivity contribution in [3.8, 4) is 0 Å². The lowest BCUT2D eigenvalue weighted by atomic mass is 9.95. The number of rotatable bonds is 4. The fraction of sp³-hybridized carbons (Fsp3) is 0.714. The lowest BCUT2D eigenvalue weighted by molar-refractivity contribution is 0.470. The lowest BCUT2D eigenvalue weighted by Gasteiger charge is -2.28. The van der Waals surface area contributed by atoms with Gasteiger partial charge >= 0.3 is 0 Å². The average molecular weight is 281 g/mol. The number of hydrogen-bond donors (Lipinski definition) is 1. The van der Waals surface area contributed by atoms with Crippen LogP contribution >= 0.6 is 11.8 Å². The number of nitrogens with zero attached hydrogens (tertiary/aromatic N) is 2. The minimum absolute atomic E-state index is 0.00973. The summed E-state index contributed by atoms with van der Waals surface area (Å²) in [6.45, 7) is 4.02. The third kappa shape index (κ3) is 3.53. The molecule has 19 heavy (non-hydrogen) atoms. The van der Waals surface area contributed by atoms with E-state index in [9.17, 15) is 4.79 Å². The number of aromatic nitrogens is 2. The summed E-state index contributed by atoms with van der Waals surface area (Å²) < 4.78 is 1.73. The van der Waals surface area contributed by atoms with Crippen molar-refractivity contribution in [2.24, 2.45) is 0 Å². The van der Waals surface area contributed by atoms with Crippen LogP contribution in [0.15, 0.2) is 17.2 Å². The van der Waals surface area contributed by atoms with Gasteiger partial charge in [-0.2, -0.15) is 11.8 Å². The van der Waals surface area contributed by atoms with Crippen molar-refractivity contribution in [2.45, 2.75) is 56.9 Å². The lowest BCUT2D eigenvalue weighted by Crippen LogP contribution is -2.32. The first-order valence-electron chi connectivity index (χ1n) is 6.98. The van der Waals surface area contributed by atoms with Gasteiger partial charge in [-0.25, -0.2) is 4.98 Å². The van der Waals surface area contributed by atoms with Gasteiger partial charge < -0.3 is 9.88 Å². The molecule has 1 saturated carbocycles. The van der Waals surface area contributed by atoms with Gasteiger partial charge in [0, 0.05) is 29.7 Å². The van der Waals surface area contributed by atoms with E-state index >= 15 is 0 Å².